The number of carbonyl (C=O) groups excluding carboxylic acids is 1. The van der Waals surface area contributed by atoms with Crippen molar-refractivity contribution in [3.8, 4) is 11.8 Å². The van der Waals surface area contributed by atoms with E-state index in [0.717, 1.165) is 31.4 Å². The number of rotatable bonds is 3. The average Bonchev–Trinajstić information content (AvgIpc) is 2.95. The second-order valence-electron chi connectivity index (χ2n) is 4.94. The fourth-order valence-corrected chi connectivity index (χ4v) is 2.54. The van der Waals surface area contributed by atoms with Crippen molar-refractivity contribution in [3.05, 3.63) is 29.6 Å². The largest absolute Gasteiger partial charge is 0.395 e. The lowest BCUT2D eigenvalue weighted by atomic mass is 10.1. The molecule has 4 heteroatoms. The van der Waals surface area contributed by atoms with Gasteiger partial charge in [0.15, 0.2) is 0 Å². The highest BCUT2D eigenvalue weighted by Crippen LogP contribution is 2.22. The van der Waals surface area contributed by atoms with E-state index in [1.807, 2.05) is 4.90 Å². The molecule has 1 unspecified atom stereocenters. The molecule has 0 radical (unpaired) electrons. The van der Waals surface area contributed by atoms with E-state index >= 15 is 0 Å². The van der Waals surface area contributed by atoms with Gasteiger partial charge in [0.05, 0.1) is 12.2 Å². The maximum Gasteiger partial charge on any atom is 0.255 e. The molecule has 0 saturated carbocycles. The second-order valence-corrected chi connectivity index (χ2v) is 4.94. The van der Waals surface area contributed by atoms with Gasteiger partial charge in [-0.25, -0.2) is 0 Å². The number of likely N-dealkylation sites (tertiary alicyclic amines) is 1. The molecule has 1 saturated heterocycles. The predicted molar refractivity (Wildman–Crippen MR) is 77.2 cm³/mol. The van der Waals surface area contributed by atoms with Gasteiger partial charge in [0.2, 0.25) is 0 Å². The molecule has 2 heterocycles. The maximum atomic E-state index is 12.5. The van der Waals surface area contributed by atoms with Crippen molar-refractivity contribution < 1.29 is 9.90 Å². The summed E-state index contributed by atoms with van der Waals surface area (Å²) in [6.45, 7) is 2.99. The van der Waals surface area contributed by atoms with Crippen molar-refractivity contribution in [1.29, 1.82) is 0 Å². The number of aromatic nitrogens is 1. The number of hydrogen-bond acceptors (Lipinski definition) is 3. The number of amides is 1. The van der Waals surface area contributed by atoms with Gasteiger partial charge < -0.3 is 10.0 Å². The summed E-state index contributed by atoms with van der Waals surface area (Å²) >= 11 is 0. The van der Waals surface area contributed by atoms with Crippen LogP contribution in [0, 0.1) is 11.8 Å². The fraction of sp³-hybridized carbons (Fsp3) is 0.500. The Morgan fingerprint density at radius 1 is 1.55 bits per heavy atom. The molecule has 2 rings (SSSR count). The molecular formula is C16H20N2O2. The molecule has 0 aromatic carbocycles. The molecule has 0 aliphatic carbocycles. The smallest absolute Gasteiger partial charge is 0.255 e. The lowest BCUT2D eigenvalue weighted by Gasteiger charge is -2.23. The standard InChI is InChI=1S/C16H20N2O2/c1-2-15-7-5-8-18(15)16(20)14-10-13(11-17-12-14)6-3-4-9-19/h10-12,15,19H,2,4-5,7-9H2,1H3. The number of pyridine rings is 1. The summed E-state index contributed by atoms with van der Waals surface area (Å²) in [5, 5.41) is 8.71. The van der Waals surface area contributed by atoms with Crippen LogP contribution in [0.25, 0.3) is 0 Å². The van der Waals surface area contributed by atoms with E-state index < -0.39 is 0 Å². The minimum Gasteiger partial charge on any atom is -0.395 e. The molecule has 1 N–H and O–H groups in total. The van der Waals surface area contributed by atoms with E-state index in [1.165, 1.54) is 0 Å². The van der Waals surface area contributed by atoms with E-state index in [-0.39, 0.29) is 12.5 Å². The molecule has 20 heavy (non-hydrogen) atoms. The molecule has 1 fully saturated rings. The first kappa shape index (κ1) is 14.5. The Bertz CT molecular complexity index is 531. The third-order valence-corrected chi connectivity index (χ3v) is 3.56. The molecule has 1 aliphatic heterocycles. The topological polar surface area (TPSA) is 53.4 Å². The van der Waals surface area contributed by atoms with Crippen LogP contribution in [0.1, 0.15) is 48.5 Å². The monoisotopic (exact) mass is 272 g/mol. The molecule has 0 bridgehead atoms. The first-order valence-corrected chi connectivity index (χ1v) is 7.12. The van der Waals surface area contributed by atoms with E-state index in [0.29, 0.717) is 18.0 Å². The Morgan fingerprint density at radius 2 is 2.40 bits per heavy atom. The molecule has 0 spiro atoms. The minimum absolute atomic E-state index is 0.0466. The Morgan fingerprint density at radius 3 is 3.15 bits per heavy atom. The van der Waals surface area contributed by atoms with Gasteiger partial charge in [-0.15, -0.1) is 0 Å². The van der Waals surface area contributed by atoms with Gasteiger partial charge >= 0.3 is 0 Å². The molecule has 1 atom stereocenters. The van der Waals surface area contributed by atoms with E-state index in [4.69, 9.17) is 5.11 Å². The summed E-state index contributed by atoms with van der Waals surface area (Å²) < 4.78 is 0. The fourth-order valence-electron chi connectivity index (χ4n) is 2.54. The number of hydrogen-bond donors (Lipinski definition) is 1. The molecular weight excluding hydrogens is 252 g/mol. The van der Waals surface area contributed by atoms with Crippen LogP contribution in [-0.4, -0.2) is 40.1 Å². The zero-order chi connectivity index (χ0) is 14.4. The van der Waals surface area contributed by atoms with Gasteiger partial charge in [-0.3, -0.25) is 9.78 Å². The zero-order valence-corrected chi connectivity index (χ0v) is 11.8. The average molecular weight is 272 g/mol. The van der Waals surface area contributed by atoms with Crippen LogP contribution in [0.2, 0.25) is 0 Å². The van der Waals surface area contributed by atoms with Crippen LogP contribution in [0.3, 0.4) is 0 Å². The van der Waals surface area contributed by atoms with Crippen molar-refractivity contribution in [3.63, 3.8) is 0 Å². The highest BCUT2D eigenvalue weighted by atomic mass is 16.2. The first-order chi connectivity index (χ1) is 9.76. The number of nitrogens with zero attached hydrogens (tertiary/aromatic N) is 2. The predicted octanol–water partition coefficient (Wildman–Crippen LogP) is 1.83. The van der Waals surface area contributed by atoms with Crippen LogP contribution in [0.15, 0.2) is 18.5 Å². The SMILES string of the molecule is CCC1CCCN1C(=O)c1cncc(C#CCCO)c1. The van der Waals surface area contributed by atoms with Gasteiger partial charge in [0.25, 0.3) is 5.91 Å². The summed E-state index contributed by atoms with van der Waals surface area (Å²) in [4.78, 5) is 18.5. The summed E-state index contributed by atoms with van der Waals surface area (Å²) in [5.41, 5.74) is 1.32. The normalized spacial score (nSPS) is 17.7. The van der Waals surface area contributed by atoms with Crippen molar-refractivity contribution in [2.24, 2.45) is 0 Å². The number of carbonyl (C=O) groups is 1. The third kappa shape index (κ3) is 3.37. The molecule has 1 aliphatic rings. The lowest BCUT2D eigenvalue weighted by molar-refractivity contribution is 0.0733. The Labute approximate surface area is 119 Å². The van der Waals surface area contributed by atoms with Crippen LogP contribution in [0.4, 0.5) is 0 Å². The summed E-state index contributed by atoms with van der Waals surface area (Å²) in [5.74, 6) is 5.80. The van der Waals surface area contributed by atoms with E-state index in [1.54, 1.807) is 18.5 Å². The van der Waals surface area contributed by atoms with Crippen LogP contribution in [-0.2, 0) is 0 Å². The van der Waals surface area contributed by atoms with E-state index in [9.17, 15) is 4.79 Å². The van der Waals surface area contributed by atoms with E-state index in [2.05, 4.69) is 23.7 Å². The molecule has 106 valence electrons. The van der Waals surface area contributed by atoms with Crippen LogP contribution in [0.5, 0.6) is 0 Å². The number of aliphatic hydroxyl groups excluding tert-OH is 1. The van der Waals surface area contributed by atoms with Gasteiger partial charge in [-0.1, -0.05) is 18.8 Å². The van der Waals surface area contributed by atoms with Crippen molar-refractivity contribution in [2.45, 2.75) is 38.6 Å². The molecule has 4 nitrogen and oxygen atoms in total. The first-order valence-electron chi connectivity index (χ1n) is 7.12. The maximum absolute atomic E-state index is 12.5. The Balaban J connectivity index is 2.14. The Hall–Kier alpha value is -1.86. The highest BCUT2D eigenvalue weighted by molar-refractivity contribution is 5.94. The Kier molecular flexibility index (Phi) is 5.14. The van der Waals surface area contributed by atoms with Crippen LogP contribution >= 0.6 is 0 Å². The highest BCUT2D eigenvalue weighted by Gasteiger charge is 2.28. The number of aliphatic hydroxyl groups is 1. The van der Waals surface area contributed by atoms with Gasteiger partial charge in [0.1, 0.15) is 0 Å². The lowest BCUT2D eigenvalue weighted by Crippen LogP contribution is -2.35. The molecule has 1 aromatic heterocycles. The van der Waals surface area contributed by atoms with Crippen molar-refractivity contribution in [1.82, 2.24) is 9.88 Å². The van der Waals surface area contributed by atoms with Crippen LogP contribution < -0.4 is 0 Å². The minimum atomic E-state index is 0.0466. The summed E-state index contributed by atoms with van der Waals surface area (Å²) in [6.07, 6.45) is 6.84. The van der Waals surface area contributed by atoms with Crippen molar-refractivity contribution >= 4 is 5.91 Å². The molecule has 1 amide bonds. The third-order valence-electron chi connectivity index (χ3n) is 3.56. The quantitative estimate of drug-likeness (QED) is 0.854. The van der Waals surface area contributed by atoms with Crippen molar-refractivity contribution in [2.75, 3.05) is 13.2 Å². The van der Waals surface area contributed by atoms with Gasteiger partial charge in [-0.05, 0) is 25.3 Å². The summed E-state index contributed by atoms with van der Waals surface area (Å²) in [7, 11) is 0. The molecule has 1 aromatic rings. The summed E-state index contributed by atoms with van der Waals surface area (Å²) in [6, 6.07) is 2.14. The van der Waals surface area contributed by atoms with Gasteiger partial charge in [0, 0.05) is 37.0 Å². The zero-order valence-electron chi connectivity index (χ0n) is 11.8. The van der Waals surface area contributed by atoms with Gasteiger partial charge in [-0.2, -0.15) is 0 Å². The second kappa shape index (κ2) is 7.06.